The summed E-state index contributed by atoms with van der Waals surface area (Å²) in [5, 5.41) is 0. The number of unbranched alkanes of at least 4 members (excludes halogenated alkanes) is 2. The van der Waals surface area contributed by atoms with E-state index < -0.39 is 0 Å². The van der Waals surface area contributed by atoms with Gasteiger partial charge in [-0.1, -0.05) is 50.7 Å². The van der Waals surface area contributed by atoms with E-state index in [-0.39, 0.29) is 0 Å². The van der Waals surface area contributed by atoms with Gasteiger partial charge in [0.25, 0.3) is 0 Å². The molecule has 0 aromatic carbocycles. The maximum Gasteiger partial charge on any atom is -0.00255 e. The first-order valence-electron chi connectivity index (χ1n) is 7.99. The molecule has 0 amide bonds. The lowest BCUT2D eigenvalue weighted by Gasteiger charge is -2.71. The molecule has 0 aromatic rings. The Morgan fingerprint density at radius 1 is 0.941 bits per heavy atom. The van der Waals surface area contributed by atoms with Crippen LogP contribution in [0, 0.1) is 10.8 Å². The summed E-state index contributed by atoms with van der Waals surface area (Å²) in [6.45, 7) is 4.70. The van der Waals surface area contributed by atoms with Crippen molar-refractivity contribution in [1.29, 1.82) is 0 Å². The van der Waals surface area contributed by atoms with Crippen LogP contribution < -0.4 is 0 Å². The first-order valence-corrected chi connectivity index (χ1v) is 7.99. The smallest absolute Gasteiger partial charge is 0.00255 e. The van der Waals surface area contributed by atoms with Gasteiger partial charge in [-0.05, 0) is 55.8 Å². The maximum atomic E-state index is 2.35. The van der Waals surface area contributed by atoms with E-state index in [9.17, 15) is 0 Å². The predicted octanol–water partition coefficient (Wildman–Crippen LogP) is 5.63. The molecule has 2 unspecified atom stereocenters. The molecule has 3 rings (SSSR count). The Bertz CT molecular complexity index is 332. The summed E-state index contributed by atoms with van der Waals surface area (Å²) in [6.07, 6.45) is 16.2. The van der Waals surface area contributed by atoms with Crippen molar-refractivity contribution in [2.24, 2.45) is 10.8 Å². The first-order chi connectivity index (χ1) is 8.28. The van der Waals surface area contributed by atoms with E-state index in [2.05, 4.69) is 13.8 Å². The number of rotatable bonds is 6. The minimum Gasteiger partial charge on any atom is -0.0698 e. The van der Waals surface area contributed by atoms with Gasteiger partial charge in [0.15, 0.2) is 0 Å². The van der Waals surface area contributed by atoms with Gasteiger partial charge in [-0.2, -0.15) is 0 Å². The molecule has 2 atom stereocenters. The molecular weight excluding hydrogens is 204 g/mol. The van der Waals surface area contributed by atoms with E-state index in [0.29, 0.717) is 0 Å². The third-order valence-electron chi connectivity index (χ3n) is 6.03. The van der Waals surface area contributed by atoms with Gasteiger partial charge in [0.1, 0.15) is 0 Å². The lowest BCUT2D eigenvalue weighted by molar-refractivity contribution is -0.132. The molecule has 17 heavy (non-hydrogen) atoms. The molecule has 0 radical (unpaired) electrons. The third kappa shape index (κ3) is 1.55. The van der Waals surface area contributed by atoms with Crippen LogP contribution >= 0.6 is 0 Å². The quantitative estimate of drug-likeness (QED) is 0.521. The monoisotopic (exact) mass is 232 g/mol. The molecule has 0 nitrogen and oxygen atoms in total. The van der Waals surface area contributed by atoms with Gasteiger partial charge >= 0.3 is 0 Å². The molecule has 0 saturated heterocycles. The van der Waals surface area contributed by atoms with E-state index in [1.54, 1.807) is 6.42 Å². The molecule has 3 aliphatic carbocycles. The summed E-state index contributed by atoms with van der Waals surface area (Å²) in [6, 6.07) is 0. The zero-order valence-corrected chi connectivity index (χ0v) is 11.8. The topological polar surface area (TPSA) is 0 Å². The summed E-state index contributed by atoms with van der Waals surface area (Å²) in [7, 11) is 0. The molecule has 0 heteroatoms. The molecule has 0 aliphatic heterocycles. The van der Waals surface area contributed by atoms with Crippen molar-refractivity contribution in [3.05, 3.63) is 11.1 Å². The molecule has 0 heterocycles. The highest BCUT2D eigenvalue weighted by molar-refractivity contribution is 5.44. The second kappa shape index (κ2) is 4.14. The van der Waals surface area contributed by atoms with E-state index in [4.69, 9.17) is 0 Å². The third-order valence-corrected chi connectivity index (χ3v) is 6.03. The minimum absolute atomic E-state index is 0.740. The number of fused-ring (bicyclic) bond motifs is 1. The Labute approximate surface area is 107 Å². The Morgan fingerprint density at radius 3 is 2.18 bits per heavy atom. The van der Waals surface area contributed by atoms with Crippen molar-refractivity contribution in [2.75, 3.05) is 0 Å². The lowest BCUT2D eigenvalue weighted by atomic mass is 9.33. The fourth-order valence-corrected chi connectivity index (χ4v) is 4.72. The highest BCUT2D eigenvalue weighted by Crippen LogP contribution is 2.78. The first kappa shape index (κ1) is 11.8. The Balaban J connectivity index is 1.76. The van der Waals surface area contributed by atoms with Gasteiger partial charge in [-0.3, -0.25) is 0 Å². The average molecular weight is 232 g/mol. The standard InChI is InChI=1S/C17H28/c1-3-5-9-16-11-12-17(16,10-6-4-2)15(13-16)14-7-8-14/h3-13H2,1-2H3. The van der Waals surface area contributed by atoms with Crippen LogP contribution in [0.5, 0.6) is 0 Å². The highest BCUT2D eigenvalue weighted by atomic mass is 14.7. The van der Waals surface area contributed by atoms with Crippen molar-refractivity contribution < 1.29 is 0 Å². The van der Waals surface area contributed by atoms with Crippen molar-refractivity contribution in [2.45, 2.75) is 84.5 Å². The summed E-state index contributed by atoms with van der Waals surface area (Å²) >= 11 is 0. The molecule has 0 N–H and O–H groups in total. The van der Waals surface area contributed by atoms with Gasteiger partial charge in [-0.15, -0.1) is 0 Å². The summed E-state index contributed by atoms with van der Waals surface area (Å²) in [4.78, 5) is 0. The Kier molecular flexibility index (Phi) is 2.88. The van der Waals surface area contributed by atoms with Gasteiger partial charge in [0, 0.05) is 0 Å². The molecule has 0 spiro atoms. The largest absolute Gasteiger partial charge is 0.0698 e. The van der Waals surface area contributed by atoms with Crippen molar-refractivity contribution >= 4 is 0 Å². The molecule has 3 saturated carbocycles. The van der Waals surface area contributed by atoms with E-state index in [0.717, 1.165) is 10.8 Å². The molecule has 0 bridgehead atoms. The van der Waals surface area contributed by atoms with Crippen LogP contribution in [0.15, 0.2) is 11.1 Å². The van der Waals surface area contributed by atoms with Gasteiger partial charge in [0.05, 0.1) is 0 Å². The summed E-state index contributed by atoms with van der Waals surface area (Å²) in [5.41, 5.74) is 5.38. The molecule has 96 valence electrons. The number of hydrogen-bond acceptors (Lipinski definition) is 0. The SMILES string of the molecule is CCCCC12CCC1(CCCC)C(=C1CC1)C2. The molecule has 3 aliphatic rings. The Morgan fingerprint density at radius 2 is 1.65 bits per heavy atom. The minimum atomic E-state index is 0.740. The zero-order valence-electron chi connectivity index (χ0n) is 11.8. The van der Waals surface area contributed by atoms with Crippen LogP contribution in [0.3, 0.4) is 0 Å². The zero-order chi connectivity index (χ0) is 11.9. The predicted molar refractivity (Wildman–Crippen MR) is 74.0 cm³/mol. The van der Waals surface area contributed by atoms with Crippen molar-refractivity contribution in [3.63, 3.8) is 0 Å². The van der Waals surface area contributed by atoms with Crippen LogP contribution in [0.1, 0.15) is 84.5 Å². The van der Waals surface area contributed by atoms with Crippen LogP contribution in [0.25, 0.3) is 0 Å². The normalized spacial score (nSPS) is 38.5. The fraction of sp³-hybridized carbons (Fsp3) is 0.882. The molecule has 3 fully saturated rings. The lowest BCUT2D eigenvalue weighted by Crippen LogP contribution is -2.61. The second-order valence-corrected chi connectivity index (χ2v) is 6.83. The van der Waals surface area contributed by atoms with Crippen molar-refractivity contribution in [3.8, 4) is 0 Å². The molecule has 0 aromatic heterocycles. The number of hydrogen-bond donors (Lipinski definition) is 0. The maximum absolute atomic E-state index is 2.35. The van der Waals surface area contributed by atoms with Gasteiger partial charge in [0.2, 0.25) is 0 Å². The van der Waals surface area contributed by atoms with Crippen LogP contribution in [-0.2, 0) is 0 Å². The average Bonchev–Trinajstić information content (AvgIpc) is 3.15. The van der Waals surface area contributed by atoms with Crippen LogP contribution in [0.2, 0.25) is 0 Å². The fourth-order valence-electron chi connectivity index (χ4n) is 4.72. The van der Waals surface area contributed by atoms with Crippen LogP contribution in [0.4, 0.5) is 0 Å². The highest BCUT2D eigenvalue weighted by Gasteiger charge is 2.67. The van der Waals surface area contributed by atoms with Gasteiger partial charge < -0.3 is 0 Å². The van der Waals surface area contributed by atoms with Gasteiger partial charge in [-0.25, -0.2) is 0 Å². The number of allylic oxidation sites excluding steroid dienone is 2. The summed E-state index contributed by atoms with van der Waals surface area (Å²) < 4.78 is 0. The van der Waals surface area contributed by atoms with E-state index in [1.165, 1.54) is 64.2 Å². The van der Waals surface area contributed by atoms with E-state index in [1.807, 2.05) is 11.1 Å². The second-order valence-electron chi connectivity index (χ2n) is 6.83. The van der Waals surface area contributed by atoms with E-state index >= 15 is 0 Å². The Hall–Kier alpha value is -0.260. The summed E-state index contributed by atoms with van der Waals surface area (Å²) in [5.74, 6) is 0. The van der Waals surface area contributed by atoms with Crippen LogP contribution in [-0.4, -0.2) is 0 Å². The molecular formula is C17H28. The van der Waals surface area contributed by atoms with Crippen molar-refractivity contribution in [1.82, 2.24) is 0 Å².